The second-order valence-electron chi connectivity index (χ2n) is 11.4. The molecule has 10 nitrogen and oxygen atoms in total. The lowest BCUT2D eigenvalue weighted by Crippen LogP contribution is -2.09. The molecule has 0 aliphatic heterocycles. The third-order valence-electron chi connectivity index (χ3n) is 7.47. The molecule has 0 spiro atoms. The summed E-state index contributed by atoms with van der Waals surface area (Å²) in [6, 6.07) is 25.6. The van der Waals surface area contributed by atoms with Gasteiger partial charge in [-0.15, -0.1) is 0 Å². The first-order valence-electron chi connectivity index (χ1n) is 16.3. The second kappa shape index (κ2) is 18.6. The predicted molar refractivity (Wildman–Crippen MR) is 197 cm³/mol. The van der Waals surface area contributed by atoms with Crippen LogP contribution >= 0.6 is 0 Å². The fourth-order valence-corrected chi connectivity index (χ4v) is 5.24. The maximum Gasteiger partial charge on any atom is 0.327 e. The fourth-order valence-electron chi connectivity index (χ4n) is 5.24. The van der Waals surface area contributed by atoms with Gasteiger partial charge in [-0.05, 0) is 74.2 Å². The summed E-state index contributed by atoms with van der Waals surface area (Å²) < 4.78 is 9.87. The molecule has 50 heavy (non-hydrogen) atoms. The molecule has 10 heteroatoms. The molecule has 258 valence electrons. The van der Waals surface area contributed by atoms with Crippen molar-refractivity contribution in [1.29, 1.82) is 0 Å². The Morgan fingerprint density at radius 1 is 0.600 bits per heavy atom. The van der Waals surface area contributed by atoms with E-state index in [1.807, 2.05) is 86.6 Å². The molecule has 4 aromatic carbocycles. The molecule has 0 aliphatic rings. The Morgan fingerprint density at radius 2 is 0.940 bits per heavy atom. The highest BCUT2D eigenvalue weighted by molar-refractivity contribution is 5.94. The molecule has 2 atom stereocenters. The number of nitrogens with zero attached hydrogens (tertiary/aromatic N) is 4. The van der Waals surface area contributed by atoms with Crippen LogP contribution < -0.4 is 0 Å². The Balaban J connectivity index is 1.74. The van der Waals surface area contributed by atoms with Crippen LogP contribution in [0.3, 0.4) is 0 Å². The molecule has 0 aromatic heterocycles. The summed E-state index contributed by atoms with van der Waals surface area (Å²) in [6.45, 7) is 7.47. The predicted octanol–water partition coefficient (Wildman–Crippen LogP) is 6.70. The summed E-state index contributed by atoms with van der Waals surface area (Å²) in [4.78, 5) is 41.8. The van der Waals surface area contributed by atoms with Crippen molar-refractivity contribution < 1.29 is 29.3 Å². The average Bonchev–Trinajstić information content (AvgIpc) is 3.10. The molecule has 0 bridgehead atoms. The van der Waals surface area contributed by atoms with Crippen LogP contribution in [0.1, 0.15) is 70.4 Å². The molecule has 0 saturated heterocycles. The number of phenolic OH excluding ortho intramolecular Hbond substituents is 2. The third kappa shape index (κ3) is 10.6. The van der Waals surface area contributed by atoms with Gasteiger partial charge in [-0.25, -0.2) is 0 Å². The van der Waals surface area contributed by atoms with Crippen molar-refractivity contribution in [2.24, 2.45) is 20.0 Å². The molecule has 0 heterocycles. The maximum absolute atomic E-state index is 11.8. The number of benzene rings is 4. The zero-order valence-electron chi connectivity index (χ0n) is 28.7. The molecule has 0 aliphatic carbocycles. The number of ether oxygens (including phenoxy) is 2. The number of carbonyl (C=O) groups is 2. The number of rotatable bonds is 15. The minimum atomic E-state index is -0.534. The van der Waals surface area contributed by atoms with Crippen molar-refractivity contribution >= 4 is 36.8 Å². The Bertz CT molecular complexity index is 1730. The third-order valence-corrected chi connectivity index (χ3v) is 7.47. The molecule has 2 N–H and O–H groups in total. The van der Waals surface area contributed by atoms with E-state index in [0.29, 0.717) is 22.3 Å². The van der Waals surface area contributed by atoms with E-state index in [9.17, 15) is 19.8 Å². The number of aryl methyl sites for hydroxylation is 2. The van der Waals surface area contributed by atoms with Crippen molar-refractivity contribution in [2.75, 3.05) is 26.3 Å². The van der Waals surface area contributed by atoms with Crippen LogP contribution in [0, 0.1) is 13.8 Å². The van der Waals surface area contributed by atoms with E-state index in [0.717, 1.165) is 22.3 Å². The Labute approximate surface area is 292 Å². The van der Waals surface area contributed by atoms with Gasteiger partial charge in [0.25, 0.3) is 0 Å². The van der Waals surface area contributed by atoms with Crippen LogP contribution in [0.4, 0.5) is 0 Å². The largest absolute Gasteiger partial charge is 0.507 e. The molecule has 0 unspecified atom stereocenters. The summed E-state index contributed by atoms with van der Waals surface area (Å²) in [7, 11) is 0. The van der Waals surface area contributed by atoms with Gasteiger partial charge >= 0.3 is 11.9 Å². The molecule has 0 fully saturated rings. The number of aromatic hydroxyl groups is 2. The van der Waals surface area contributed by atoms with E-state index < -0.39 is 24.0 Å². The molecule has 4 rings (SSSR count). The van der Waals surface area contributed by atoms with E-state index in [2.05, 4.69) is 9.98 Å². The van der Waals surface area contributed by atoms with Gasteiger partial charge in [0, 0.05) is 47.1 Å². The molecule has 0 radical (unpaired) electrons. The van der Waals surface area contributed by atoms with Crippen molar-refractivity contribution in [2.45, 2.75) is 39.8 Å². The van der Waals surface area contributed by atoms with Gasteiger partial charge in [0.15, 0.2) is 0 Å². The standard InChI is InChI=1S/C40H42N4O6/c1-5-49-35(45)25-41-21-31-17-27(3)19-33(39(31)47)23-43-37(29-13-9-7-10-14-29)38(30-15-11-8-12-16-30)44-24-34-20-28(4)18-32(40(34)48)22-42-26-36(46)50-6-2/h7-24,37-38,47-48H,5-6,25-26H2,1-4H3/t37-,38-/m1/s1. The molecule has 4 aromatic rings. The minimum Gasteiger partial charge on any atom is -0.507 e. The number of carbonyl (C=O) groups excluding carboxylic acids is 2. The van der Waals surface area contributed by atoms with Crippen LogP contribution in [0.15, 0.2) is 105 Å². The van der Waals surface area contributed by atoms with Gasteiger partial charge in [0.2, 0.25) is 0 Å². The van der Waals surface area contributed by atoms with Crippen molar-refractivity contribution in [1.82, 2.24) is 0 Å². The molecule has 0 amide bonds. The maximum atomic E-state index is 11.8. The Hall–Kier alpha value is -5.90. The lowest BCUT2D eigenvalue weighted by atomic mass is 9.94. The Kier molecular flexibility index (Phi) is 13.7. The van der Waals surface area contributed by atoms with Crippen LogP contribution in [-0.4, -0.2) is 73.3 Å². The van der Waals surface area contributed by atoms with Gasteiger partial charge in [-0.3, -0.25) is 29.6 Å². The second-order valence-corrected chi connectivity index (χ2v) is 11.4. The van der Waals surface area contributed by atoms with Crippen LogP contribution in [0.5, 0.6) is 11.5 Å². The number of esters is 2. The highest BCUT2D eigenvalue weighted by atomic mass is 16.5. The van der Waals surface area contributed by atoms with Crippen molar-refractivity contribution in [3.8, 4) is 11.5 Å². The smallest absolute Gasteiger partial charge is 0.327 e. The summed E-state index contributed by atoms with van der Waals surface area (Å²) in [5.74, 6) is -0.956. The topological polar surface area (TPSA) is 142 Å². The summed E-state index contributed by atoms with van der Waals surface area (Å²) in [5.41, 5.74) is 5.35. The fraction of sp³-hybridized carbons (Fsp3) is 0.250. The summed E-state index contributed by atoms with van der Waals surface area (Å²) in [5, 5.41) is 22.4. The number of hydrogen-bond acceptors (Lipinski definition) is 10. The summed E-state index contributed by atoms with van der Waals surface area (Å²) in [6.07, 6.45) is 6.14. The molecule has 0 saturated carbocycles. The van der Waals surface area contributed by atoms with Gasteiger partial charge in [0.05, 0.1) is 13.2 Å². The zero-order chi connectivity index (χ0) is 35.9. The van der Waals surface area contributed by atoms with Crippen LogP contribution in [0.25, 0.3) is 0 Å². The monoisotopic (exact) mass is 674 g/mol. The number of hydrogen-bond donors (Lipinski definition) is 2. The Morgan fingerprint density at radius 3 is 1.28 bits per heavy atom. The van der Waals surface area contributed by atoms with E-state index in [1.165, 1.54) is 12.4 Å². The van der Waals surface area contributed by atoms with Crippen LogP contribution in [0.2, 0.25) is 0 Å². The van der Waals surface area contributed by atoms with E-state index in [4.69, 9.17) is 19.5 Å². The quantitative estimate of drug-likeness (QED) is 0.106. The number of aliphatic imine (C=N–C) groups is 4. The van der Waals surface area contributed by atoms with Gasteiger partial charge in [-0.1, -0.05) is 60.7 Å². The normalized spacial score (nSPS) is 13.0. The lowest BCUT2D eigenvalue weighted by molar-refractivity contribution is -0.142. The van der Waals surface area contributed by atoms with Gasteiger partial charge in [-0.2, -0.15) is 0 Å². The summed E-state index contributed by atoms with van der Waals surface area (Å²) >= 11 is 0. The highest BCUT2D eigenvalue weighted by Gasteiger charge is 2.24. The number of phenols is 2. The van der Waals surface area contributed by atoms with E-state index in [-0.39, 0.29) is 37.8 Å². The van der Waals surface area contributed by atoms with Gasteiger partial charge in [0.1, 0.15) is 36.7 Å². The molecular weight excluding hydrogens is 632 g/mol. The van der Waals surface area contributed by atoms with Crippen molar-refractivity contribution in [3.05, 3.63) is 129 Å². The first-order valence-corrected chi connectivity index (χ1v) is 16.3. The minimum absolute atomic E-state index is 0.0274. The lowest BCUT2D eigenvalue weighted by Gasteiger charge is -2.22. The van der Waals surface area contributed by atoms with E-state index in [1.54, 1.807) is 38.4 Å². The SMILES string of the molecule is CCOC(=O)CN=Cc1cc(C)cc(C=N[C@H](c2ccccc2)[C@H](N=Cc2cc(C)cc(C=NCC(=O)OCC)c2O)c2ccccc2)c1O. The first kappa shape index (κ1) is 36.9. The average molecular weight is 675 g/mol. The zero-order valence-corrected chi connectivity index (χ0v) is 28.7. The van der Waals surface area contributed by atoms with Crippen LogP contribution in [-0.2, 0) is 19.1 Å². The first-order chi connectivity index (χ1) is 24.2. The van der Waals surface area contributed by atoms with Crippen molar-refractivity contribution in [3.63, 3.8) is 0 Å². The van der Waals surface area contributed by atoms with Gasteiger partial charge < -0.3 is 19.7 Å². The molecular formula is C40H42N4O6. The highest BCUT2D eigenvalue weighted by Crippen LogP contribution is 2.36. The van der Waals surface area contributed by atoms with E-state index >= 15 is 0 Å².